The van der Waals surface area contributed by atoms with Crippen LogP contribution in [0.5, 0.6) is 0 Å². The van der Waals surface area contributed by atoms with Gasteiger partial charge in [-0.1, -0.05) is 23.7 Å². The Labute approximate surface area is 187 Å². The molecule has 31 heavy (non-hydrogen) atoms. The van der Waals surface area contributed by atoms with Gasteiger partial charge < -0.3 is 9.80 Å². The van der Waals surface area contributed by atoms with Crippen LogP contribution in [-0.4, -0.2) is 62.3 Å². The third-order valence-corrected chi connectivity index (χ3v) is 7.65. The lowest BCUT2D eigenvalue weighted by molar-refractivity contribution is -0.143. The number of piperidine rings is 2. The van der Waals surface area contributed by atoms with Gasteiger partial charge in [0, 0.05) is 24.7 Å². The lowest BCUT2D eigenvalue weighted by Crippen LogP contribution is -2.54. The number of likely N-dealkylation sites (tertiary alicyclic amines) is 2. The van der Waals surface area contributed by atoms with Crippen LogP contribution in [0.3, 0.4) is 0 Å². The minimum absolute atomic E-state index is 0.00773. The van der Waals surface area contributed by atoms with E-state index in [0.29, 0.717) is 24.4 Å². The molecule has 2 aliphatic heterocycles. The number of rotatable bonds is 5. The molecule has 2 aromatic rings. The zero-order valence-electron chi connectivity index (χ0n) is 17.2. The van der Waals surface area contributed by atoms with E-state index in [0.717, 1.165) is 43.1 Å². The van der Waals surface area contributed by atoms with Crippen molar-refractivity contribution in [3.05, 3.63) is 41.4 Å². The standard InChI is InChI=1S/C22H26ClN3O4S/c23-18-8-6-17-14-19(9-7-16(17)13-18)31(29,30)24-20-5-4-12-26(22(20)28)15-21(27)25-10-2-1-3-11-25/h6-9,13-14,20,24H,1-5,10-12,15H2. The van der Waals surface area contributed by atoms with Gasteiger partial charge in [0.2, 0.25) is 21.8 Å². The van der Waals surface area contributed by atoms with Crippen LogP contribution in [0.2, 0.25) is 5.02 Å². The van der Waals surface area contributed by atoms with Crippen molar-refractivity contribution in [1.29, 1.82) is 0 Å². The van der Waals surface area contributed by atoms with Gasteiger partial charge in [-0.05, 0) is 67.1 Å². The number of amides is 2. The van der Waals surface area contributed by atoms with Crippen LogP contribution in [0.25, 0.3) is 10.8 Å². The van der Waals surface area contributed by atoms with Gasteiger partial charge in [-0.15, -0.1) is 0 Å². The first kappa shape index (κ1) is 22.0. The highest BCUT2D eigenvalue weighted by atomic mass is 35.5. The van der Waals surface area contributed by atoms with Gasteiger partial charge in [0.05, 0.1) is 11.4 Å². The number of benzene rings is 2. The van der Waals surface area contributed by atoms with Crippen LogP contribution in [0, 0.1) is 0 Å². The molecule has 9 heteroatoms. The molecule has 2 amide bonds. The highest BCUT2D eigenvalue weighted by Crippen LogP contribution is 2.23. The normalized spacial score (nSPS) is 20.3. The van der Waals surface area contributed by atoms with Crippen molar-refractivity contribution in [1.82, 2.24) is 14.5 Å². The molecule has 1 N–H and O–H groups in total. The van der Waals surface area contributed by atoms with Crippen molar-refractivity contribution in [2.75, 3.05) is 26.2 Å². The molecule has 7 nitrogen and oxygen atoms in total. The summed E-state index contributed by atoms with van der Waals surface area (Å²) in [5.74, 6) is -0.405. The summed E-state index contributed by atoms with van der Waals surface area (Å²) in [5, 5.41) is 2.16. The molecule has 0 radical (unpaired) electrons. The van der Waals surface area contributed by atoms with Crippen molar-refractivity contribution in [2.45, 2.75) is 43.0 Å². The number of sulfonamides is 1. The van der Waals surface area contributed by atoms with E-state index in [1.165, 1.54) is 11.0 Å². The Hall–Kier alpha value is -2.16. The Bertz CT molecular complexity index is 1100. The number of hydrogen-bond acceptors (Lipinski definition) is 4. The van der Waals surface area contributed by atoms with E-state index in [1.807, 2.05) is 0 Å². The fourth-order valence-electron chi connectivity index (χ4n) is 4.23. The summed E-state index contributed by atoms with van der Waals surface area (Å²) in [4.78, 5) is 28.8. The monoisotopic (exact) mass is 463 g/mol. The second-order valence-electron chi connectivity index (χ2n) is 8.17. The molecule has 2 saturated heterocycles. The lowest BCUT2D eigenvalue weighted by atomic mass is 10.1. The zero-order valence-corrected chi connectivity index (χ0v) is 18.8. The third-order valence-electron chi connectivity index (χ3n) is 5.95. The molecule has 1 atom stereocenters. The van der Waals surface area contributed by atoms with Crippen LogP contribution in [0.1, 0.15) is 32.1 Å². The molecule has 166 valence electrons. The fraction of sp³-hybridized carbons (Fsp3) is 0.455. The van der Waals surface area contributed by atoms with E-state index in [4.69, 9.17) is 11.6 Å². The van der Waals surface area contributed by atoms with Crippen LogP contribution in [0.4, 0.5) is 0 Å². The Kier molecular flexibility index (Phi) is 6.50. The molecule has 0 bridgehead atoms. The minimum atomic E-state index is -3.89. The maximum atomic E-state index is 12.9. The number of carbonyl (C=O) groups excluding carboxylic acids is 2. The van der Waals surface area contributed by atoms with Gasteiger partial charge in [-0.25, -0.2) is 8.42 Å². The zero-order chi connectivity index (χ0) is 22.0. The van der Waals surface area contributed by atoms with Crippen LogP contribution in [0.15, 0.2) is 41.3 Å². The van der Waals surface area contributed by atoms with E-state index in [1.54, 1.807) is 35.2 Å². The number of fused-ring (bicyclic) bond motifs is 1. The quantitative estimate of drug-likeness (QED) is 0.738. The largest absolute Gasteiger partial charge is 0.341 e. The van der Waals surface area contributed by atoms with Gasteiger partial charge >= 0.3 is 0 Å². The predicted octanol–water partition coefficient (Wildman–Crippen LogP) is 2.78. The highest BCUT2D eigenvalue weighted by molar-refractivity contribution is 7.89. The predicted molar refractivity (Wildman–Crippen MR) is 119 cm³/mol. The third kappa shape index (κ3) is 5.02. The van der Waals surface area contributed by atoms with E-state index in [2.05, 4.69) is 4.72 Å². The Morgan fingerprint density at radius 3 is 2.48 bits per heavy atom. The van der Waals surface area contributed by atoms with Crippen molar-refractivity contribution >= 4 is 44.2 Å². The number of halogens is 1. The summed E-state index contributed by atoms with van der Waals surface area (Å²) < 4.78 is 28.4. The maximum Gasteiger partial charge on any atom is 0.242 e. The summed E-state index contributed by atoms with van der Waals surface area (Å²) in [5.41, 5.74) is 0. The van der Waals surface area contributed by atoms with E-state index in [-0.39, 0.29) is 23.3 Å². The molecule has 2 heterocycles. The van der Waals surface area contributed by atoms with Gasteiger partial charge in [-0.3, -0.25) is 9.59 Å². The molecule has 2 fully saturated rings. The molecule has 1 unspecified atom stereocenters. The van der Waals surface area contributed by atoms with Crippen molar-refractivity contribution in [2.24, 2.45) is 0 Å². The molecule has 0 aromatic heterocycles. The van der Waals surface area contributed by atoms with Crippen molar-refractivity contribution < 1.29 is 18.0 Å². The lowest BCUT2D eigenvalue weighted by Gasteiger charge is -2.34. The van der Waals surface area contributed by atoms with Gasteiger partial charge in [0.1, 0.15) is 6.04 Å². The van der Waals surface area contributed by atoms with E-state index in [9.17, 15) is 18.0 Å². The molecular weight excluding hydrogens is 438 g/mol. The first-order valence-electron chi connectivity index (χ1n) is 10.6. The number of nitrogens with zero attached hydrogens (tertiary/aromatic N) is 2. The summed E-state index contributed by atoms with van der Waals surface area (Å²) in [6.45, 7) is 1.93. The van der Waals surface area contributed by atoms with E-state index >= 15 is 0 Å². The molecule has 0 spiro atoms. The molecular formula is C22H26ClN3O4S. The summed E-state index contributed by atoms with van der Waals surface area (Å²) in [6.07, 6.45) is 4.15. The average Bonchev–Trinajstić information content (AvgIpc) is 2.76. The van der Waals surface area contributed by atoms with Crippen molar-refractivity contribution in [3.63, 3.8) is 0 Å². The molecule has 4 rings (SSSR count). The van der Waals surface area contributed by atoms with Gasteiger partial charge in [0.25, 0.3) is 0 Å². The minimum Gasteiger partial charge on any atom is -0.341 e. The van der Waals surface area contributed by atoms with Crippen LogP contribution in [-0.2, 0) is 19.6 Å². The Morgan fingerprint density at radius 1 is 1.00 bits per heavy atom. The fourth-order valence-corrected chi connectivity index (χ4v) is 5.67. The second-order valence-corrected chi connectivity index (χ2v) is 10.3. The molecule has 2 aromatic carbocycles. The first-order chi connectivity index (χ1) is 14.8. The summed E-state index contributed by atoms with van der Waals surface area (Å²) in [6, 6.07) is 9.13. The van der Waals surface area contributed by atoms with Gasteiger partial charge in [-0.2, -0.15) is 4.72 Å². The number of carbonyl (C=O) groups is 2. The summed E-state index contributed by atoms with van der Waals surface area (Å²) >= 11 is 5.99. The van der Waals surface area contributed by atoms with Crippen LogP contribution < -0.4 is 4.72 Å². The average molecular weight is 464 g/mol. The Balaban J connectivity index is 1.45. The molecule has 2 aliphatic rings. The van der Waals surface area contributed by atoms with Crippen molar-refractivity contribution in [3.8, 4) is 0 Å². The SMILES string of the molecule is O=C(CN1CCCC(NS(=O)(=O)c2ccc3cc(Cl)ccc3c2)C1=O)N1CCCCC1. The smallest absolute Gasteiger partial charge is 0.242 e. The van der Waals surface area contributed by atoms with E-state index < -0.39 is 16.1 Å². The first-order valence-corrected chi connectivity index (χ1v) is 12.5. The van der Waals surface area contributed by atoms with Crippen LogP contribution >= 0.6 is 11.6 Å². The summed E-state index contributed by atoms with van der Waals surface area (Å²) in [7, 11) is -3.89. The van der Waals surface area contributed by atoms with Gasteiger partial charge in [0.15, 0.2) is 0 Å². The topological polar surface area (TPSA) is 86.8 Å². The maximum absolute atomic E-state index is 12.9. The number of hydrogen-bond donors (Lipinski definition) is 1. The molecule has 0 aliphatic carbocycles. The Morgan fingerprint density at radius 2 is 1.71 bits per heavy atom. The molecule has 0 saturated carbocycles. The number of nitrogens with one attached hydrogen (secondary N) is 1. The second kappa shape index (κ2) is 9.14. The highest BCUT2D eigenvalue weighted by Gasteiger charge is 2.34.